The number of nitrogens with one attached hydrogen (secondary N) is 1. The maximum atomic E-state index is 11.7. The van der Waals surface area contributed by atoms with Crippen LogP contribution in [0.3, 0.4) is 0 Å². The Morgan fingerprint density at radius 2 is 2.26 bits per heavy atom. The van der Waals surface area contributed by atoms with E-state index in [0.29, 0.717) is 39.4 Å². The predicted molar refractivity (Wildman–Crippen MR) is 89.0 cm³/mol. The maximum Gasteiger partial charge on any atom is 0.277 e. The molecule has 23 heavy (non-hydrogen) atoms. The summed E-state index contributed by atoms with van der Waals surface area (Å²) < 4.78 is 5.64. The molecule has 0 bridgehead atoms. The molecule has 0 unspecified atom stereocenters. The minimum absolute atomic E-state index is 0.372. The summed E-state index contributed by atoms with van der Waals surface area (Å²) in [5, 5.41) is 9.97. The van der Waals surface area contributed by atoms with Crippen molar-refractivity contribution in [3.63, 3.8) is 0 Å². The van der Waals surface area contributed by atoms with E-state index in [0.717, 1.165) is 5.56 Å². The van der Waals surface area contributed by atoms with Gasteiger partial charge in [-0.1, -0.05) is 13.8 Å². The fourth-order valence-electron chi connectivity index (χ4n) is 1.93. The average Bonchev–Trinajstić information content (AvgIpc) is 2.93. The molecule has 0 saturated carbocycles. The van der Waals surface area contributed by atoms with E-state index in [-0.39, 0.29) is 5.91 Å². The minimum atomic E-state index is -0.372. The predicted octanol–water partition coefficient (Wildman–Crippen LogP) is 2.63. The number of carbonyl (C=O) groups excluding carboxylic acids is 1. The van der Waals surface area contributed by atoms with Crippen molar-refractivity contribution >= 4 is 17.2 Å². The molecule has 0 fully saturated rings. The summed E-state index contributed by atoms with van der Waals surface area (Å²) in [6.45, 7) is 6.38. The van der Waals surface area contributed by atoms with Crippen molar-refractivity contribution in [1.29, 1.82) is 5.26 Å². The second-order valence-corrected chi connectivity index (χ2v) is 6.43. The molecule has 1 aromatic heterocycles. The Labute approximate surface area is 138 Å². The lowest BCUT2D eigenvalue weighted by molar-refractivity contribution is 0.0957. The lowest BCUT2D eigenvalue weighted by Crippen LogP contribution is -2.29. The highest BCUT2D eigenvalue weighted by molar-refractivity contribution is 7.17. The number of carbonyl (C=O) groups is 1. The molecule has 2 aromatic rings. The average molecular weight is 330 g/mol. The number of hydrogen-bond donors (Lipinski definition) is 2. The third-order valence-corrected chi connectivity index (χ3v) is 4.26. The number of nitrogens with zero attached hydrogens (tertiary/aromatic N) is 2. The monoisotopic (exact) mass is 330 g/mol. The summed E-state index contributed by atoms with van der Waals surface area (Å²) in [6, 6.07) is 7.45. The van der Waals surface area contributed by atoms with Crippen LogP contribution in [0.25, 0.3) is 10.6 Å². The molecule has 7 heteroatoms. The Morgan fingerprint density at radius 1 is 1.52 bits per heavy atom. The molecule has 2 rings (SSSR count). The largest absolute Gasteiger partial charge is 0.492 e. The Hall–Kier alpha value is -2.43. The third-order valence-electron chi connectivity index (χ3n) is 3.05. The zero-order valence-corrected chi connectivity index (χ0v) is 14.0. The number of hydrogen-bond acceptors (Lipinski definition) is 6. The Bertz CT molecular complexity index is 762. The summed E-state index contributed by atoms with van der Waals surface area (Å²) in [5.41, 5.74) is 3.92. The number of benzene rings is 1. The number of amides is 1. The molecule has 0 aliphatic rings. The first-order valence-corrected chi connectivity index (χ1v) is 7.93. The highest BCUT2D eigenvalue weighted by Gasteiger charge is 2.16. The van der Waals surface area contributed by atoms with Crippen molar-refractivity contribution in [3.8, 4) is 22.4 Å². The molecule has 3 N–H and O–H groups in total. The Kier molecular flexibility index (Phi) is 5.32. The second-order valence-electron chi connectivity index (χ2n) is 5.43. The summed E-state index contributed by atoms with van der Waals surface area (Å²) in [4.78, 5) is 16.5. The first-order valence-electron chi connectivity index (χ1n) is 7.12. The van der Waals surface area contributed by atoms with Gasteiger partial charge in [0.15, 0.2) is 0 Å². The first kappa shape index (κ1) is 16.9. The zero-order chi connectivity index (χ0) is 17.0. The number of aryl methyl sites for hydroxylation is 1. The fourth-order valence-corrected chi connectivity index (χ4v) is 2.89. The van der Waals surface area contributed by atoms with Gasteiger partial charge in [-0.2, -0.15) is 5.26 Å². The van der Waals surface area contributed by atoms with Gasteiger partial charge in [0.05, 0.1) is 17.9 Å². The van der Waals surface area contributed by atoms with E-state index in [9.17, 15) is 10.1 Å². The van der Waals surface area contributed by atoms with Gasteiger partial charge in [0, 0.05) is 5.56 Å². The normalized spacial score (nSPS) is 10.4. The Balaban J connectivity index is 2.34. The number of hydrazine groups is 1. The Morgan fingerprint density at radius 3 is 2.87 bits per heavy atom. The van der Waals surface area contributed by atoms with Gasteiger partial charge < -0.3 is 4.74 Å². The van der Waals surface area contributed by atoms with Crippen LogP contribution >= 0.6 is 11.3 Å². The van der Waals surface area contributed by atoms with Crippen LogP contribution in [-0.2, 0) is 0 Å². The molecule has 1 heterocycles. The molecule has 1 amide bonds. The van der Waals surface area contributed by atoms with E-state index in [4.69, 9.17) is 10.6 Å². The highest BCUT2D eigenvalue weighted by Crippen LogP contribution is 2.31. The van der Waals surface area contributed by atoms with Gasteiger partial charge in [-0.15, -0.1) is 11.3 Å². The summed E-state index contributed by atoms with van der Waals surface area (Å²) in [7, 11) is 0. The van der Waals surface area contributed by atoms with Crippen LogP contribution in [0.5, 0.6) is 5.75 Å². The van der Waals surface area contributed by atoms with Gasteiger partial charge in [0.1, 0.15) is 21.7 Å². The van der Waals surface area contributed by atoms with Gasteiger partial charge >= 0.3 is 0 Å². The zero-order valence-electron chi connectivity index (χ0n) is 13.2. The van der Waals surface area contributed by atoms with E-state index in [1.54, 1.807) is 19.1 Å². The van der Waals surface area contributed by atoms with Crippen LogP contribution in [0.1, 0.15) is 34.8 Å². The van der Waals surface area contributed by atoms with Gasteiger partial charge in [0.25, 0.3) is 5.91 Å². The van der Waals surface area contributed by atoms with Crippen molar-refractivity contribution in [2.45, 2.75) is 20.8 Å². The van der Waals surface area contributed by atoms with Gasteiger partial charge in [0.2, 0.25) is 0 Å². The molecular weight excluding hydrogens is 312 g/mol. The molecule has 120 valence electrons. The summed E-state index contributed by atoms with van der Waals surface area (Å²) in [6.07, 6.45) is 0. The second kappa shape index (κ2) is 7.22. The molecule has 6 nitrogen and oxygen atoms in total. The SMILES string of the molecule is Cc1nc(-c2ccc(OCC(C)C)c(C#N)c2)sc1C(=O)NN. The molecular formula is C16H18N4O2S. The van der Waals surface area contributed by atoms with E-state index >= 15 is 0 Å². The van der Waals surface area contributed by atoms with Crippen molar-refractivity contribution in [1.82, 2.24) is 10.4 Å². The molecule has 0 radical (unpaired) electrons. The minimum Gasteiger partial charge on any atom is -0.492 e. The van der Waals surface area contributed by atoms with Crippen molar-refractivity contribution in [3.05, 3.63) is 34.3 Å². The van der Waals surface area contributed by atoms with E-state index < -0.39 is 0 Å². The van der Waals surface area contributed by atoms with E-state index in [1.165, 1.54) is 11.3 Å². The highest BCUT2D eigenvalue weighted by atomic mass is 32.1. The van der Waals surface area contributed by atoms with E-state index in [1.807, 2.05) is 19.9 Å². The third kappa shape index (κ3) is 3.86. The lowest BCUT2D eigenvalue weighted by atomic mass is 10.1. The van der Waals surface area contributed by atoms with Crippen LogP contribution in [0.2, 0.25) is 0 Å². The first-order chi connectivity index (χ1) is 11.0. The molecule has 0 saturated heterocycles. The fraction of sp³-hybridized carbons (Fsp3) is 0.312. The number of nitrogen functional groups attached to an aromatic ring is 1. The van der Waals surface area contributed by atoms with Crippen LogP contribution in [0.15, 0.2) is 18.2 Å². The van der Waals surface area contributed by atoms with Crippen molar-refractivity contribution < 1.29 is 9.53 Å². The lowest BCUT2D eigenvalue weighted by Gasteiger charge is -2.10. The number of thiazole rings is 1. The number of rotatable bonds is 5. The number of nitriles is 1. The maximum absolute atomic E-state index is 11.7. The summed E-state index contributed by atoms with van der Waals surface area (Å²) >= 11 is 1.24. The molecule has 0 spiro atoms. The number of nitrogens with two attached hydrogens (primary N) is 1. The molecule has 0 aliphatic heterocycles. The van der Waals surface area contributed by atoms with Crippen LogP contribution < -0.4 is 16.0 Å². The van der Waals surface area contributed by atoms with Gasteiger partial charge in [-0.25, -0.2) is 10.8 Å². The molecule has 1 aromatic carbocycles. The van der Waals surface area contributed by atoms with Crippen LogP contribution in [-0.4, -0.2) is 17.5 Å². The number of aromatic nitrogens is 1. The molecule has 0 aliphatic carbocycles. The molecule has 0 atom stereocenters. The topological polar surface area (TPSA) is 101 Å². The number of ether oxygens (including phenoxy) is 1. The van der Waals surface area contributed by atoms with Gasteiger partial charge in [-0.3, -0.25) is 10.2 Å². The van der Waals surface area contributed by atoms with Crippen LogP contribution in [0, 0.1) is 24.2 Å². The smallest absolute Gasteiger partial charge is 0.277 e. The quantitative estimate of drug-likeness (QED) is 0.498. The van der Waals surface area contributed by atoms with E-state index in [2.05, 4.69) is 16.5 Å². The summed E-state index contributed by atoms with van der Waals surface area (Å²) in [5.74, 6) is 5.72. The van der Waals surface area contributed by atoms with Crippen LogP contribution in [0.4, 0.5) is 0 Å². The standard InChI is InChI=1S/C16H18N4O2S/c1-9(2)8-22-13-5-4-11(6-12(13)7-17)16-19-10(3)14(23-16)15(21)20-18/h4-6,9H,8,18H2,1-3H3,(H,20,21). The van der Waals surface area contributed by atoms with Gasteiger partial charge in [-0.05, 0) is 31.0 Å². The van der Waals surface area contributed by atoms with Crippen molar-refractivity contribution in [2.75, 3.05) is 6.61 Å². The van der Waals surface area contributed by atoms with Crippen molar-refractivity contribution in [2.24, 2.45) is 11.8 Å².